The van der Waals surface area contributed by atoms with Gasteiger partial charge in [0, 0.05) is 26.2 Å². The molecule has 1 saturated heterocycles. The first-order valence-electron chi connectivity index (χ1n) is 8.16. The van der Waals surface area contributed by atoms with Gasteiger partial charge in [-0.25, -0.2) is 0 Å². The summed E-state index contributed by atoms with van der Waals surface area (Å²) in [5.41, 5.74) is 0.0116. The molecule has 0 amide bonds. The zero-order chi connectivity index (χ0) is 15.2. The predicted octanol–water partition coefficient (Wildman–Crippen LogP) is 3.72. The number of rotatable bonds is 8. The molecule has 0 saturated carbocycles. The maximum atomic E-state index is 5.76. The van der Waals surface area contributed by atoms with Crippen molar-refractivity contribution in [3.8, 4) is 0 Å². The van der Waals surface area contributed by atoms with Crippen LogP contribution in [0, 0.1) is 5.92 Å². The predicted molar refractivity (Wildman–Crippen MR) is 85.2 cm³/mol. The first kappa shape index (κ1) is 17.9. The molecule has 20 heavy (non-hydrogen) atoms. The number of unbranched alkanes of at least 4 members (excludes halogenated alkanes) is 1. The second-order valence-electron chi connectivity index (χ2n) is 8.04. The Morgan fingerprint density at radius 3 is 1.95 bits per heavy atom. The van der Waals surface area contributed by atoms with E-state index in [1.807, 2.05) is 0 Å². The van der Waals surface area contributed by atoms with Gasteiger partial charge in [-0.15, -0.1) is 0 Å². The van der Waals surface area contributed by atoms with Crippen molar-refractivity contribution in [2.24, 2.45) is 5.92 Å². The monoisotopic (exact) mass is 285 g/mol. The SMILES string of the molecule is CC(C)(C)OCCCCC1CN(CCOC(C)(C)C)C1. The molecular weight excluding hydrogens is 250 g/mol. The topological polar surface area (TPSA) is 21.7 Å². The highest BCUT2D eigenvalue weighted by atomic mass is 16.5. The fourth-order valence-electron chi connectivity index (χ4n) is 2.44. The van der Waals surface area contributed by atoms with Gasteiger partial charge in [-0.1, -0.05) is 6.42 Å². The molecule has 1 rings (SSSR count). The third kappa shape index (κ3) is 8.93. The van der Waals surface area contributed by atoms with Gasteiger partial charge >= 0.3 is 0 Å². The molecule has 0 aliphatic carbocycles. The van der Waals surface area contributed by atoms with E-state index in [1.54, 1.807) is 0 Å². The van der Waals surface area contributed by atoms with Crippen LogP contribution in [0.25, 0.3) is 0 Å². The molecule has 3 heteroatoms. The fourth-order valence-corrected chi connectivity index (χ4v) is 2.44. The van der Waals surface area contributed by atoms with Crippen LogP contribution in [-0.2, 0) is 9.47 Å². The summed E-state index contributed by atoms with van der Waals surface area (Å²) in [5.74, 6) is 0.902. The van der Waals surface area contributed by atoms with Crippen LogP contribution in [0.4, 0.5) is 0 Å². The first-order valence-corrected chi connectivity index (χ1v) is 8.16. The van der Waals surface area contributed by atoms with Crippen molar-refractivity contribution in [1.29, 1.82) is 0 Å². The summed E-state index contributed by atoms with van der Waals surface area (Å²) in [6.07, 6.45) is 3.85. The average Bonchev–Trinajstić information content (AvgIpc) is 2.20. The van der Waals surface area contributed by atoms with E-state index in [-0.39, 0.29) is 11.2 Å². The highest BCUT2D eigenvalue weighted by Crippen LogP contribution is 2.21. The quantitative estimate of drug-likeness (QED) is 0.634. The van der Waals surface area contributed by atoms with Crippen LogP contribution in [0.15, 0.2) is 0 Å². The van der Waals surface area contributed by atoms with Gasteiger partial charge in [-0.05, 0) is 60.3 Å². The lowest BCUT2D eigenvalue weighted by Crippen LogP contribution is -2.48. The van der Waals surface area contributed by atoms with Crippen LogP contribution in [0.5, 0.6) is 0 Å². The van der Waals surface area contributed by atoms with Crippen LogP contribution in [0.2, 0.25) is 0 Å². The fraction of sp³-hybridized carbons (Fsp3) is 1.00. The van der Waals surface area contributed by atoms with Gasteiger partial charge in [0.2, 0.25) is 0 Å². The number of likely N-dealkylation sites (tertiary alicyclic amines) is 1. The molecule has 0 aromatic rings. The highest BCUT2D eigenvalue weighted by Gasteiger charge is 2.25. The van der Waals surface area contributed by atoms with Gasteiger partial charge in [0.15, 0.2) is 0 Å². The van der Waals surface area contributed by atoms with Crippen molar-refractivity contribution in [2.45, 2.75) is 72.0 Å². The standard InChI is InChI=1S/C17H35NO2/c1-16(2,3)19-11-8-7-9-15-13-18(14-15)10-12-20-17(4,5)6/h15H,7-14H2,1-6H3. The van der Waals surface area contributed by atoms with Gasteiger partial charge in [-0.2, -0.15) is 0 Å². The van der Waals surface area contributed by atoms with Crippen LogP contribution in [0.1, 0.15) is 60.8 Å². The van der Waals surface area contributed by atoms with E-state index < -0.39 is 0 Å². The van der Waals surface area contributed by atoms with E-state index in [2.05, 4.69) is 46.4 Å². The molecular formula is C17H35NO2. The Labute approximate surface area is 126 Å². The van der Waals surface area contributed by atoms with E-state index in [9.17, 15) is 0 Å². The zero-order valence-corrected chi connectivity index (χ0v) is 14.5. The summed E-state index contributed by atoms with van der Waals surface area (Å²) in [7, 11) is 0. The molecule has 1 heterocycles. The molecule has 0 aromatic carbocycles. The molecule has 0 aromatic heterocycles. The molecule has 0 N–H and O–H groups in total. The smallest absolute Gasteiger partial charge is 0.0600 e. The Kier molecular flexibility index (Phi) is 6.96. The summed E-state index contributed by atoms with van der Waals surface area (Å²) < 4.78 is 11.5. The molecule has 120 valence electrons. The van der Waals surface area contributed by atoms with Gasteiger partial charge in [0.25, 0.3) is 0 Å². The Balaban J connectivity index is 1.90. The summed E-state index contributed by atoms with van der Waals surface area (Å²) in [6.45, 7) is 18.1. The van der Waals surface area contributed by atoms with Gasteiger partial charge < -0.3 is 14.4 Å². The van der Waals surface area contributed by atoms with Crippen molar-refractivity contribution in [3.05, 3.63) is 0 Å². The normalized spacial score (nSPS) is 18.3. The second-order valence-corrected chi connectivity index (χ2v) is 8.04. The van der Waals surface area contributed by atoms with Crippen LogP contribution in [-0.4, -0.2) is 49.0 Å². The molecule has 1 aliphatic rings. The summed E-state index contributed by atoms with van der Waals surface area (Å²) in [6, 6.07) is 0. The summed E-state index contributed by atoms with van der Waals surface area (Å²) in [5, 5.41) is 0. The molecule has 0 radical (unpaired) electrons. The van der Waals surface area contributed by atoms with Crippen LogP contribution >= 0.6 is 0 Å². The van der Waals surface area contributed by atoms with Crippen molar-refractivity contribution in [2.75, 3.05) is 32.8 Å². The minimum Gasteiger partial charge on any atom is -0.376 e. The van der Waals surface area contributed by atoms with E-state index in [0.29, 0.717) is 0 Å². The maximum absolute atomic E-state index is 5.76. The minimum atomic E-state index is -0.00266. The average molecular weight is 285 g/mol. The molecule has 1 aliphatic heterocycles. The lowest BCUT2D eigenvalue weighted by Gasteiger charge is -2.39. The zero-order valence-electron chi connectivity index (χ0n) is 14.5. The van der Waals surface area contributed by atoms with E-state index in [0.717, 1.165) is 25.7 Å². The van der Waals surface area contributed by atoms with Crippen molar-refractivity contribution in [3.63, 3.8) is 0 Å². The first-order chi connectivity index (χ1) is 9.16. The van der Waals surface area contributed by atoms with Crippen LogP contribution < -0.4 is 0 Å². The molecule has 0 atom stereocenters. The molecule has 0 unspecified atom stereocenters. The van der Waals surface area contributed by atoms with Gasteiger partial charge in [0.05, 0.1) is 17.8 Å². The second kappa shape index (κ2) is 7.77. The lowest BCUT2D eigenvalue weighted by atomic mass is 9.94. The van der Waals surface area contributed by atoms with E-state index >= 15 is 0 Å². The Morgan fingerprint density at radius 2 is 1.40 bits per heavy atom. The number of nitrogens with zero attached hydrogens (tertiary/aromatic N) is 1. The number of hydrogen-bond acceptors (Lipinski definition) is 3. The van der Waals surface area contributed by atoms with Crippen molar-refractivity contribution >= 4 is 0 Å². The largest absolute Gasteiger partial charge is 0.376 e. The van der Waals surface area contributed by atoms with E-state index in [4.69, 9.17) is 9.47 Å². The summed E-state index contributed by atoms with van der Waals surface area (Å²) >= 11 is 0. The van der Waals surface area contributed by atoms with Crippen molar-refractivity contribution < 1.29 is 9.47 Å². The Morgan fingerprint density at radius 1 is 0.850 bits per heavy atom. The molecule has 3 nitrogen and oxygen atoms in total. The molecule has 1 fully saturated rings. The Bertz CT molecular complexity index is 256. The highest BCUT2D eigenvalue weighted by molar-refractivity contribution is 4.79. The van der Waals surface area contributed by atoms with Crippen molar-refractivity contribution in [1.82, 2.24) is 4.90 Å². The maximum Gasteiger partial charge on any atom is 0.0600 e. The Hall–Kier alpha value is -0.120. The third-order valence-electron chi connectivity index (χ3n) is 3.52. The van der Waals surface area contributed by atoms with Gasteiger partial charge in [-0.3, -0.25) is 0 Å². The number of ether oxygens (including phenoxy) is 2. The summed E-state index contributed by atoms with van der Waals surface area (Å²) in [4.78, 5) is 2.50. The lowest BCUT2D eigenvalue weighted by molar-refractivity contribution is -0.0292. The minimum absolute atomic E-state index is 0.00266. The van der Waals surface area contributed by atoms with Crippen LogP contribution in [0.3, 0.4) is 0 Å². The molecule has 0 spiro atoms. The number of hydrogen-bond donors (Lipinski definition) is 0. The third-order valence-corrected chi connectivity index (χ3v) is 3.52. The molecule has 0 bridgehead atoms. The van der Waals surface area contributed by atoms with E-state index in [1.165, 1.54) is 32.4 Å². The van der Waals surface area contributed by atoms with Gasteiger partial charge in [0.1, 0.15) is 0 Å².